The Morgan fingerprint density at radius 3 is 2.74 bits per heavy atom. The van der Waals surface area contributed by atoms with E-state index in [1.165, 1.54) is 11.8 Å². The van der Waals surface area contributed by atoms with Crippen LogP contribution in [0.1, 0.15) is 45.1 Å². The molecule has 23 heavy (non-hydrogen) atoms. The van der Waals surface area contributed by atoms with E-state index in [4.69, 9.17) is 11.6 Å². The summed E-state index contributed by atoms with van der Waals surface area (Å²) in [6, 6.07) is 7.54. The van der Waals surface area contributed by atoms with Crippen molar-refractivity contribution in [3.05, 3.63) is 39.8 Å². The van der Waals surface area contributed by atoms with Crippen molar-refractivity contribution in [1.29, 1.82) is 0 Å². The topological polar surface area (TPSA) is 32.7 Å². The smallest absolute Gasteiger partial charge is 0.266 e. The number of unbranched alkanes of at least 4 members (excludes halogenated alkanes) is 2. The second kappa shape index (κ2) is 9.14. The number of hydrogen-bond acceptors (Lipinski definition) is 3. The summed E-state index contributed by atoms with van der Waals surface area (Å²) in [6.07, 6.45) is 6.11. The zero-order chi connectivity index (χ0) is 16.7. The minimum Gasteiger partial charge on any atom is -0.287 e. The first kappa shape index (κ1) is 18.1. The number of aliphatic imine (C=N–C) groups is 1. The Hall–Kier alpha value is -1.26. The van der Waals surface area contributed by atoms with E-state index < -0.39 is 0 Å². The number of thioether (sulfide) groups is 1. The van der Waals surface area contributed by atoms with Gasteiger partial charge in [-0.2, -0.15) is 0 Å². The summed E-state index contributed by atoms with van der Waals surface area (Å²) in [5.74, 6) is 0.0543. The van der Waals surface area contributed by atoms with Gasteiger partial charge in [-0.3, -0.25) is 14.7 Å². The number of nitrogens with zero attached hydrogens (tertiary/aromatic N) is 2. The van der Waals surface area contributed by atoms with Crippen molar-refractivity contribution >= 4 is 40.5 Å². The quantitative estimate of drug-likeness (QED) is 0.499. The standard InChI is InChI=1S/C18H23ClN2OS/c1-3-5-10-20-18-21(11-6-4-2)17(22)16(23-18)13-14-8-7-9-15(19)12-14/h7-9,12-13H,3-6,10-11H2,1-2H3. The molecule has 1 aromatic rings. The van der Waals surface area contributed by atoms with Crippen molar-refractivity contribution in [3.63, 3.8) is 0 Å². The van der Waals surface area contributed by atoms with Crippen LogP contribution in [0.25, 0.3) is 6.08 Å². The molecule has 0 atom stereocenters. The Morgan fingerprint density at radius 2 is 2.04 bits per heavy atom. The molecule has 0 saturated carbocycles. The van der Waals surface area contributed by atoms with Gasteiger partial charge in [0.2, 0.25) is 0 Å². The average Bonchev–Trinajstić information content (AvgIpc) is 2.81. The lowest BCUT2D eigenvalue weighted by Crippen LogP contribution is -2.30. The van der Waals surface area contributed by atoms with E-state index in [0.717, 1.165) is 54.4 Å². The summed E-state index contributed by atoms with van der Waals surface area (Å²) in [7, 11) is 0. The van der Waals surface area contributed by atoms with Crippen LogP contribution in [-0.4, -0.2) is 29.1 Å². The Bertz CT molecular complexity index is 613. The lowest BCUT2D eigenvalue weighted by Gasteiger charge is -2.14. The Labute approximate surface area is 147 Å². The van der Waals surface area contributed by atoms with Gasteiger partial charge in [0.25, 0.3) is 5.91 Å². The molecule has 1 heterocycles. The van der Waals surface area contributed by atoms with Gasteiger partial charge in [0, 0.05) is 18.1 Å². The fraction of sp³-hybridized carbons (Fsp3) is 0.444. The molecule has 0 spiro atoms. The Morgan fingerprint density at radius 1 is 1.26 bits per heavy atom. The lowest BCUT2D eigenvalue weighted by molar-refractivity contribution is -0.122. The molecular weight excluding hydrogens is 328 g/mol. The van der Waals surface area contributed by atoms with E-state index in [9.17, 15) is 4.79 Å². The number of carbonyl (C=O) groups is 1. The monoisotopic (exact) mass is 350 g/mol. The van der Waals surface area contributed by atoms with E-state index in [2.05, 4.69) is 18.8 Å². The zero-order valence-electron chi connectivity index (χ0n) is 13.7. The zero-order valence-corrected chi connectivity index (χ0v) is 15.3. The number of rotatable bonds is 7. The number of halogens is 1. The van der Waals surface area contributed by atoms with E-state index >= 15 is 0 Å². The van der Waals surface area contributed by atoms with E-state index in [0.29, 0.717) is 5.02 Å². The minimum absolute atomic E-state index is 0.0543. The highest BCUT2D eigenvalue weighted by atomic mass is 35.5. The van der Waals surface area contributed by atoms with Crippen LogP contribution in [-0.2, 0) is 4.79 Å². The first-order valence-corrected chi connectivity index (χ1v) is 9.36. The average molecular weight is 351 g/mol. The first-order valence-electron chi connectivity index (χ1n) is 8.17. The van der Waals surface area contributed by atoms with E-state index in [-0.39, 0.29) is 5.91 Å². The van der Waals surface area contributed by atoms with Crippen LogP contribution in [0.15, 0.2) is 34.2 Å². The molecule has 1 fully saturated rings. The predicted molar refractivity (Wildman–Crippen MR) is 101 cm³/mol. The van der Waals surface area contributed by atoms with Crippen LogP contribution >= 0.6 is 23.4 Å². The molecule has 1 aliphatic rings. The summed E-state index contributed by atoms with van der Waals surface area (Å²) in [5, 5.41) is 1.51. The Balaban J connectivity index is 2.21. The van der Waals surface area contributed by atoms with Crippen molar-refractivity contribution in [2.24, 2.45) is 4.99 Å². The van der Waals surface area contributed by atoms with E-state index in [1.807, 2.05) is 35.2 Å². The summed E-state index contributed by atoms with van der Waals surface area (Å²) < 4.78 is 0. The fourth-order valence-corrected chi connectivity index (χ4v) is 3.45. The number of hydrogen-bond donors (Lipinski definition) is 0. The minimum atomic E-state index is 0.0543. The maximum Gasteiger partial charge on any atom is 0.266 e. The largest absolute Gasteiger partial charge is 0.287 e. The highest BCUT2D eigenvalue weighted by Gasteiger charge is 2.32. The second-order valence-corrected chi connectivity index (χ2v) is 6.94. The van der Waals surface area contributed by atoms with Gasteiger partial charge < -0.3 is 0 Å². The predicted octanol–water partition coefficient (Wildman–Crippen LogP) is 5.21. The molecule has 1 aliphatic heterocycles. The van der Waals surface area contributed by atoms with Crippen LogP contribution in [0.3, 0.4) is 0 Å². The molecular formula is C18H23ClN2OS. The van der Waals surface area contributed by atoms with Crippen molar-refractivity contribution in [1.82, 2.24) is 4.90 Å². The molecule has 1 aromatic carbocycles. The highest BCUT2D eigenvalue weighted by molar-refractivity contribution is 8.18. The fourth-order valence-electron chi connectivity index (χ4n) is 2.22. The maximum absolute atomic E-state index is 12.7. The van der Waals surface area contributed by atoms with Crippen LogP contribution in [0.2, 0.25) is 5.02 Å². The number of amidine groups is 1. The van der Waals surface area contributed by atoms with Crippen LogP contribution in [0.4, 0.5) is 0 Å². The molecule has 5 heteroatoms. The molecule has 1 amide bonds. The van der Waals surface area contributed by atoms with Gasteiger partial charge in [0.1, 0.15) is 0 Å². The van der Waals surface area contributed by atoms with Gasteiger partial charge >= 0.3 is 0 Å². The number of amides is 1. The van der Waals surface area contributed by atoms with Crippen molar-refractivity contribution in [2.75, 3.05) is 13.1 Å². The van der Waals surface area contributed by atoms with E-state index in [1.54, 1.807) is 0 Å². The third-order valence-electron chi connectivity index (χ3n) is 3.53. The molecule has 0 N–H and O–H groups in total. The molecule has 2 rings (SSSR count). The second-order valence-electron chi connectivity index (χ2n) is 5.49. The van der Waals surface area contributed by atoms with Gasteiger partial charge in [-0.25, -0.2) is 0 Å². The first-order chi connectivity index (χ1) is 11.2. The van der Waals surface area contributed by atoms with Gasteiger partial charge in [-0.05, 0) is 48.4 Å². The molecule has 124 valence electrons. The summed E-state index contributed by atoms with van der Waals surface area (Å²) in [5.41, 5.74) is 0.943. The van der Waals surface area contributed by atoms with Gasteiger partial charge in [-0.1, -0.05) is 50.4 Å². The van der Waals surface area contributed by atoms with Crippen molar-refractivity contribution < 1.29 is 4.79 Å². The summed E-state index contributed by atoms with van der Waals surface area (Å²) >= 11 is 7.49. The molecule has 1 saturated heterocycles. The number of benzene rings is 1. The lowest BCUT2D eigenvalue weighted by atomic mass is 10.2. The molecule has 0 aromatic heterocycles. The maximum atomic E-state index is 12.7. The van der Waals surface area contributed by atoms with Gasteiger partial charge in [0.15, 0.2) is 5.17 Å². The van der Waals surface area contributed by atoms with Crippen LogP contribution < -0.4 is 0 Å². The Kier molecular flexibility index (Phi) is 7.18. The molecule has 0 bridgehead atoms. The van der Waals surface area contributed by atoms with Crippen LogP contribution in [0, 0.1) is 0 Å². The van der Waals surface area contributed by atoms with Crippen molar-refractivity contribution in [3.8, 4) is 0 Å². The summed E-state index contributed by atoms with van der Waals surface area (Å²) in [4.78, 5) is 19.8. The number of carbonyl (C=O) groups excluding carboxylic acids is 1. The normalized spacial score (nSPS) is 18.4. The van der Waals surface area contributed by atoms with Gasteiger partial charge in [-0.15, -0.1) is 0 Å². The molecule has 0 aliphatic carbocycles. The third-order valence-corrected chi connectivity index (χ3v) is 4.81. The highest BCUT2D eigenvalue weighted by Crippen LogP contribution is 2.33. The van der Waals surface area contributed by atoms with Gasteiger partial charge in [0.05, 0.1) is 4.91 Å². The molecule has 0 unspecified atom stereocenters. The van der Waals surface area contributed by atoms with Crippen molar-refractivity contribution in [2.45, 2.75) is 39.5 Å². The molecule has 3 nitrogen and oxygen atoms in total. The van der Waals surface area contributed by atoms with Crippen LogP contribution in [0.5, 0.6) is 0 Å². The third kappa shape index (κ3) is 5.11. The SMILES string of the molecule is CCCCN=C1SC(=Cc2cccc(Cl)c2)C(=O)N1CCCC. The molecule has 0 radical (unpaired) electrons. The summed E-state index contributed by atoms with van der Waals surface area (Å²) in [6.45, 7) is 5.79.